The number of aryl methyl sites for hydroxylation is 1. The molecule has 0 saturated carbocycles. The monoisotopic (exact) mass is 177 g/mol. The van der Waals surface area contributed by atoms with Crippen molar-refractivity contribution in [1.82, 2.24) is 4.57 Å². The summed E-state index contributed by atoms with van der Waals surface area (Å²) in [5.74, 6) is 0.437. The molecule has 13 heavy (non-hydrogen) atoms. The van der Waals surface area contributed by atoms with Gasteiger partial charge in [0.05, 0.1) is 6.34 Å². The van der Waals surface area contributed by atoms with E-state index >= 15 is 0 Å². The Balaban J connectivity index is 3.39. The van der Waals surface area contributed by atoms with Gasteiger partial charge >= 0.3 is 0 Å². The number of hydrogen-bond acceptors (Lipinski definition) is 2. The summed E-state index contributed by atoms with van der Waals surface area (Å²) in [6, 6.07) is 1.79. The molecule has 0 fully saturated rings. The topological polar surface area (TPSA) is 52.6 Å². The highest BCUT2D eigenvalue weighted by molar-refractivity contribution is 5.54. The lowest BCUT2D eigenvalue weighted by atomic mass is 10.0. The summed E-state index contributed by atoms with van der Waals surface area (Å²) in [7, 11) is 0. The molecule has 0 saturated heterocycles. The van der Waals surface area contributed by atoms with E-state index < -0.39 is 0 Å². The van der Waals surface area contributed by atoms with Crippen molar-refractivity contribution >= 4 is 6.34 Å². The fourth-order valence-corrected chi connectivity index (χ4v) is 1.40. The standard InChI is InChI=1S/C10H15N3/c1-7(2)9-5-13(6-11)10(12)4-8(9)3/h4-7,11-12H,1-3H3. The molecule has 0 radical (unpaired) electrons. The average Bonchev–Trinajstić information content (AvgIpc) is 2.03. The van der Waals surface area contributed by atoms with Gasteiger partial charge in [-0.15, -0.1) is 0 Å². The van der Waals surface area contributed by atoms with Crippen molar-refractivity contribution in [1.29, 1.82) is 10.8 Å². The molecule has 1 heterocycles. The Hall–Kier alpha value is -1.38. The number of aromatic nitrogens is 1. The first-order valence-electron chi connectivity index (χ1n) is 4.34. The van der Waals surface area contributed by atoms with Crippen LogP contribution in [0.3, 0.4) is 0 Å². The summed E-state index contributed by atoms with van der Waals surface area (Å²) >= 11 is 0. The minimum absolute atomic E-state index is 0.358. The Labute approximate surface area is 78.1 Å². The van der Waals surface area contributed by atoms with Gasteiger partial charge in [-0.2, -0.15) is 0 Å². The van der Waals surface area contributed by atoms with E-state index in [1.54, 1.807) is 6.07 Å². The predicted molar refractivity (Wildman–Crippen MR) is 53.3 cm³/mol. The van der Waals surface area contributed by atoms with Crippen molar-refractivity contribution in [2.45, 2.75) is 26.7 Å². The number of nitrogens with one attached hydrogen (secondary N) is 2. The van der Waals surface area contributed by atoms with Gasteiger partial charge in [-0.05, 0) is 30.0 Å². The molecule has 70 valence electrons. The van der Waals surface area contributed by atoms with Crippen LogP contribution in [0.5, 0.6) is 0 Å². The fraction of sp³-hybridized carbons (Fsp3) is 0.400. The molecule has 0 aliphatic heterocycles. The Morgan fingerprint density at radius 2 is 2.08 bits per heavy atom. The van der Waals surface area contributed by atoms with Crippen LogP contribution in [-0.4, -0.2) is 10.9 Å². The molecule has 0 unspecified atom stereocenters. The summed E-state index contributed by atoms with van der Waals surface area (Å²) in [6.45, 7) is 6.22. The zero-order valence-electron chi connectivity index (χ0n) is 8.26. The second-order valence-corrected chi connectivity index (χ2v) is 3.49. The Kier molecular flexibility index (Phi) is 2.66. The van der Waals surface area contributed by atoms with Crippen molar-refractivity contribution in [3.8, 4) is 0 Å². The molecule has 0 aromatic carbocycles. The summed E-state index contributed by atoms with van der Waals surface area (Å²) in [5, 5.41) is 14.7. The lowest BCUT2D eigenvalue weighted by Crippen LogP contribution is -2.20. The first-order valence-corrected chi connectivity index (χ1v) is 4.34. The van der Waals surface area contributed by atoms with Gasteiger partial charge in [-0.3, -0.25) is 15.4 Å². The molecule has 2 N–H and O–H groups in total. The van der Waals surface area contributed by atoms with Crippen LogP contribution >= 0.6 is 0 Å². The Morgan fingerprint density at radius 1 is 1.46 bits per heavy atom. The molecule has 0 atom stereocenters. The first-order chi connectivity index (χ1) is 6.06. The van der Waals surface area contributed by atoms with Crippen LogP contribution in [0, 0.1) is 17.7 Å². The number of nitrogens with zero attached hydrogens (tertiary/aromatic N) is 1. The highest BCUT2D eigenvalue weighted by atomic mass is 15.0. The fourth-order valence-electron chi connectivity index (χ4n) is 1.40. The van der Waals surface area contributed by atoms with Gasteiger partial charge in [-0.1, -0.05) is 13.8 Å². The predicted octanol–water partition coefficient (Wildman–Crippen LogP) is 1.85. The van der Waals surface area contributed by atoms with E-state index in [1.807, 2.05) is 13.1 Å². The van der Waals surface area contributed by atoms with Gasteiger partial charge < -0.3 is 0 Å². The lowest BCUT2D eigenvalue weighted by molar-refractivity contribution is 0.825. The molecular formula is C10H15N3. The summed E-state index contributed by atoms with van der Waals surface area (Å²) in [5.41, 5.74) is 2.68. The molecule has 0 aliphatic rings. The number of rotatable bonds is 2. The van der Waals surface area contributed by atoms with E-state index in [0.717, 1.165) is 11.9 Å². The highest BCUT2D eigenvalue weighted by Crippen LogP contribution is 2.15. The quantitative estimate of drug-likeness (QED) is 0.512. The molecule has 0 amide bonds. The minimum Gasteiger partial charge on any atom is -0.293 e. The molecule has 0 bridgehead atoms. The molecule has 1 aromatic rings. The minimum atomic E-state index is 0.358. The average molecular weight is 177 g/mol. The molecule has 1 rings (SSSR count). The summed E-state index contributed by atoms with van der Waals surface area (Å²) < 4.78 is 1.52. The van der Waals surface area contributed by atoms with E-state index in [-0.39, 0.29) is 0 Å². The zero-order valence-corrected chi connectivity index (χ0v) is 8.26. The maximum Gasteiger partial charge on any atom is 0.130 e. The Morgan fingerprint density at radius 3 is 2.54 bits per heavy atom. The smallest absolute Gasteiger partial charge is 0.130 e. The van der Waals surface area contributed by atoms with Crippen molar-refractivity contribution in [3.63, 3.8) is 0 Å². The largest absolute Gasteiger partial charge is 0.293 e. The molecule has 1 aromatic heterocycles. The maximum absolute atomic E-state index is 7.56. The second-order valence-electron chi connectivity index (χ2n) is 3.49. The van der Waals surface area contributed by atoms with Crippen LogP contribution in [0.1, 0.15) is 30.9 Å². The van der Waals surface area contributed by atoms with Gasteiger partial charge in [0, 0.05) is 6.20 Å². The highest BCUT2D eigenvalue weighted by Gasteiger charge is 2.04. The summed E-state index contributed by atoms with van der Waals surface area (Å²) in [4.78, 5) is 0. The van der Waals surface area contributed by atoms with E-state index in [4.69, 9.17) is 10.8 Å². The molecule has 3 heteroatoms. The van der Waals surface area contributed by atoms with E-state index in [1.165, 1.54) is 10.1 Å². The van der Waals surface area contributed by atoms with E-state index in [2.05, 4.69) is 13.8 Å². The van der Waals surface area contributed by atoms with Crippen molar-refractivity contribution < 1.29 is 0 Å². The van der Waals surface area contributed by atoms with E-state index in [0.29, 0.717) is 11.4 Å². The molecular weight excluding hydrogens is 162 g/mol. The number of hydrogen-bond donors (Lipinski definition) is 2. The van der Waals surface area contributed by atoms with Gasteiger partial charge in [0.15, 0.2) is 0 Å². The lowest BCUT2D eigenvalue weighted by Gasteiger charge is -2.11. The first kappa shape index (κ1) is 9.71. The molecule has 0 spiro atoms. The van der Waals surface area contributed by atoms with Crippen molar-refractivity contribution in [3.05, 3.63) is 28.9 Å². The van der Waals surface area contributed by atoms with Crippen molar-refractivity contribution in [2.24, 2.45) is 0 Å². The van der Waals surface area contributed by atoms with E-state index in [9.17, 15) is 0 Å². The Bertz CT molecular complexity index is 374. The third-order valence-electron chi connectivity index (χ3n) is 2.13. The van der Waals surface area contributed by atoms with Crippen LogP contribution in [0.2, 0.25) is 0 Å². The SMILES string of the molecule is Cc1cc(=N)n(C=N)cc1C(C)C. The normalized spacial score (nSPS) is 10.5. The van der Waals surface area contributed by atoms with Crippen molar-refractivity contribution in [2.75, 3.05) is 0 Å². The van der Waals surface area contributed by atoms with Gasteiger partial charge in [0.2, 0.25) is 0 Å². The zero-order chi connectivity index (χ0) is 10.0. The van der Waals surface area contributed by atoms with Crippen LogP contribution in [0.15, 0.2) is 12.3 Å². The third kappa shape index (κ3) is 1.86. The molecule has 0 aliphatic carbocycles. The van der Waals surface area contributed by atoms with Gasteiger partial charge in [0.1, 0.15) is 5.49 Å². The van der Waals surface area contributed by atoms with Crippen LogP contribution < -0.4 is 5.49 Å². The van der Waals surface area contributed by atoms with Crippen LogP contribution in [0.25, 0.3) is 0 Å². The van der Waals surface area contributed by atoms with Gasteiger partial charge in [-0.25, -0.2) is 0 Å². The maximum atomic E-state index is 7.56. The summed E-state index contributed by atoms with van der Waals surface area (Å²) in [6.07, 6.45) is 3.02. The van der Waals surface area contributed by atoms with Gasteiger partial charge in [0.25, 0.3) is 0 Å². The number of pyridine rings is 1. The third-order valence-corrected chi connectivity index (χ3v) is 2.13. The van der Waals surface area contributed by atoms with Crippen LogP contribution in [0.4, 0.5) is 0 Å². The second kappa shape index (κ2) is 3.56. The van der Waals surface area contributed by atoms with Crippen LogP contribution in [-0.2, 0) is 0 Å². The molecule has 3 nitrogen and oxygen atoms in total.